The number of carbonyl (C=O) groups excluding carboxylic acids is 1. The van der Waals surface area contributed by atoms with Gasteiger partial charge in [0.05, 0.1) is 9.80 Å². The van der Waals surface area contributed by atoms with Crippen LogP contribution >= 0.6 is 24.0 Å². The fraction of sp³-hybridized carbons (Fsp3) is 0.300. The van der Waals surface area contributed by atoms with Crippen molar-refractivity contribution in [3.63, 3.8) is 0 Å². The van der Waals surface area contributed by atoms with Gasteiger partial charge in [0.1, 0.15) is 15.8 Å². The van der Waals surface area contributed by atoms with Crippen LogP contribution in [-0.2, 0) is 14.8 Å². The number of thioether (sulfide) groups is 1. The molecule has 2 N–H and O–H groups in total. The Hall–Kier alpha value is -1.94. The van der Waals surface area contributed by atoms with Crippen LogP contribution in [0.1, 0.15) is 37.9 Å². The lowest BCUT2D eigenvalue weighted by Gasteiger charge is -2.29. The molecule has 0 atom stereocenters. The highest BCUT2D eigenvalue weighted by Crippen LogP contribution is 2.37. The lowest BCUT2D eigenvalue weighted by Crippen LogP contribution is -2.39. The van der Waals surface area contributed by atoms with E-state index in [-0.39, 0.29) is 16.8 Å². The zero-order valence-corrected chi connectivity index (χ0v) is 18.0. The number of amides is 1. The minimum atomic E-state index is -3.74. The second-order valence-corrected chi connectivity index (χ2v) is 10.4. The fourth-order valence-electron chi connectivity index (χ4n) is 3.66. The molecule has 0 spiro atoms. The Bertz CT molecular complexity index is 1080. The number of nitrogens with zero attached hydrogens (tertiary/aromatic N) is 1. The molecular weight excluding hydrogens is 428 g/mol. The number of sulfonamides is 1. The lowest BCUT2D eigenvalue weighted by molar-refractivity contribution is -0.124. The van der Waals surface area contributed by atoms with Crippen LogP contribution in [0.3, 0.4) is 0 Å². The van der Waals surface area contributed by atoms with E-state index in [1.54, 1.807) is 35.2 Å². The second-order valence-electron chi connectivity index (χ2n) is 7.11. The lowest BCUT2D eigenvalue weighted by atomic mass is 9.94. The van der Waals surface area contributed by atoms with Gasteiger partial charge in [0.15, 0.2) is 0 Å². The molecule has 29 heavy (non-hydrogen) atoms. The summed E-state index contributed by atoms with van der Waals surface area (Å²) >= 11 is 6.76. The molecular formula is C20H20N2O4S3. The van der Waals surface area contributed by atoms with Crippen LogP contribution < -0.4 is 5.14 Å². The van der Waals surface area contributed by atoms with Gasteiger partial charge in [-0.05, 0) is 49.2 Å². The van der Waals surface area contributed by atoms with E-state index in [4.69, 9.17) is 21.8 Å². The van der Waals surface area contributed by atoms with Gasteiger partial charge in [-0.1, -0.05) is 43.2 Å². The second kappa shape index (κ2) is 8.06. The van der Waals surface area contributed by atoms with Crippen molar-refractivity contribution in [3.8, 4) is 11.3 Å². The van der Waals surface area contributed by atoms with E-state index in [1.165, 1.54) is 30.3 Å². The Kier molecular flexibility index (Phi) is 5.65. The summed E-state index contributed by atoms with van der Waals surface area (Å²) in [5, 5.41) is 5.12. The van der Waals surface area contributed by atoms with Gasteiger partial charge in [0.25, 0.3) is 5.91 Å². The summed E-state index contributed by atoms with van der Waals surface area (Å²) in [5.74, 6) is 1.06. The molecule has 2 aliphatic rings. The summed E-state index contributed by atoms with van der Waals surface area (Å²) in [4.78, 5) is 15.2. The van der Waals surface area contributed by atoms with Crippen molar-refractivity contribution in [3.05, 3.63) is 47.1 Å². The molecule has 9 heteroatoms. The van der Waals surface area contributed by atoms with Crippen LogP contribution in [0.25, 0.3) is 17.4 Å². The summed E-state index contributed by atoms with van der Waals surface area (Å²) in [5.41, 5.74) is 0.715. The highest BCUT2D eigenvalue weighted by atomic mass is 32.2. The first kappa shape index (κ1) is 20.3. The highest BCUT2D eigenvalue weighted by Gasteiger charge is 2.37. The Morgan fingerprint density at radius 2 is 1.79 bits per heavy atom. The zero-order valence-electron chi connectivity index (χ0n) is 15.5. The van der Waals surface area contributed by atoms with Gasteiger partial charge >= 0.3 is 0 Å². The SMILES string of the molecule is NS(=O)(=O)c1ccc(-c2ccc(/C=C3/SC(=S)N(C4CCCCC4)C3=O)o2)cc1. The van der Waals surface area contributed by atoms with Crippen molar-refractivity contribution < 1.29 is 17.6 Å². The van der Waals surface area contributed by atoms with Crippen molar-refractivity contribution in [2.75, 3.05) is 0 Å². The first-order valence-corrected chi connectivity index (χ1v) is 12.1. The van der Waals surface area contributed by atoms with Gasteiger partial charge in [-0.2, -0.15) is 0 Å². The molecule has 0 unspecified atom stereocenters. The fourth-order valence-corrected chi connectivity index (χ4v) is 5.55. The molecule has 1 amide bonds. The van der Waals surface area contributed by atoms with Gasteiger partial charge in [-0.25, -0.2) is 13.6 Å². The minimum absolute atomic E-state index is 0.0411. The summed E-state index contributed by atoms with van der Waals surface area (Å²) in [7, 11) is -3.74. The van der Waals surface area contributed by atoms with Gasteiger partial charge in [0, 0.05) is 17.7 Å². The molecule has 1 saturated heterocycles. The summed E-state index contributed by atoms with van der Waals surface area (Å²) in [6.07, 6.45) is 7.19. The molecule has 2 aromatic rings. The number of carbonyl (C=O) groups is 1. The molecule has 6 nitrogen and oxygen atoms in total. The van der Waals surface area contributed by atoms with Gasteiger partial charge < -0.3 is 4.42 Å². The maximum absolute atomic E-state index is 12.9. The van der Waals surface area contributed by atoms with Crippen LogP contribution in [0.15, 0.2) is 50.6 Å². The third kappa shape index (κ3) is 4.32. The van der Waals surface area contributed by atoms with E-state index in [1.807, 2.05) is 0 Å². The summed E-state index contributed by atoms with van der Waals surface area (Å²) in [6, 6.07) is 9.88. The van der Waals surface area contributed by atoms with Crippen LogP contribution in [0.2, 0.25) is 0 Å². The number of thiocarbonyl (C=S) groups is 1. The molecule has 1 aliphatic carbocycles. The Morgan fingerprint density at radius 3 is 2.45 bits per heavy atom. The number of benzene rings is 1. The molecule has 1 aromatic carbocycles. The van der Waals surface area contributed by atoms with Crippen LogP contribution in [0.5, 0.6) is 0 Å². The van der Waals surface area contributed by atoms with E-state index < -0.39 is 10.0 Å². The monoisotopic (exact) mass is 448 g/mol. The number of hydrogen-bond donors (Lipinski definition) is 1. The largest absolute Gasteiger partial charge is 0.457 e. The molecule has 1 saturated carbocycles. The predicted octanol–water partition coefficient (Wildman–Crippen LogP) is 4.13. The van der Waals surface area contributed by atoms with E-state index in [9.17, 15) is 13.2 Å². The maximum atomic E-state index is 12.9. The summed E-state index contributed by atoms with van der Waals surface area (Å²) < 4.78 is 29.2. The Labute approximate surface area is 179 Å². The number of primary sulfonamides is 1. The predicted molar refractivity (Wildman–Crippen MR) is 117 cm³/mol. The molecule has 4 rings (SSSR count). The van der Waals surface area contributed by atoms with Crippen molar-refractivity contribution in [1.29, 1.82) is 0 Å². The number of rotatable bonds is 4. The first-order chi connectivity index (χ1) is 13.8. The van der Waals surface area contributed by atoms with E-state index in [2.05, 4.69) is 0 Å². The zero-order chi connectivity index (χ0) is 20.6. The molecule has 1 aromatic heterocycles. The molecule has 1 aliphatic heterocycles. The highest BCUT2D eigenvalue weighted by molar-refractivity contribution is 8.26. The normalized spacial score (nSPS) is 20.0. The molecule has 2 fully saturated rings. The van der Waals surface area contributed by atoms with Gasteiger partial charge in [0.2, 0.25) is 10.0 Å². The van der Waals surface area contributed by atoms with E-state index in [0.717, 1.165) is 25.7 Å². The average molecular weight is 449 g/mol. The van der Waals surface area contributed by atoms with Crippen molar-refractivity contribution in [2.45, 2.75) is 43.0 Å². The topological polar surface area (TPSA) is 93.6 Å². The van der Waals surface area contributed by atoms with Crippen molar-refractivity contribution in [2.24, 2.45) is 5.14 Å². The smallest absolute Gasteiger partial charge is 0.266 e. The van der Waals surface area contributed by atoms with Crippen LogP contribution in [-0.4, -0.2) is 29.6 Å². The average Bonchev–Trinajstić information content (AvgIpc) is 3.27. The Balaban J connectivity index is 1.53. The minimum Gasteiger partial charge on any atom is -0.457 e. The standard InChI is InChI=1S/C20H20N2O4S3/c21-29(24,25)16-9-6-13(7-10-16)17-11-8-15(26-17)12-18-19(23)22(20(27)28-18)14-4-2-1-3-5-14/h6-12,14H,1-5H2,(H2,21,24,25)/b18-12+. The molecule has 0 bridgehead atoms. The quantitative estimate of drug-likeness (QED) is 0.558. The molecule has 152 valence electrons. The maximum Gasteiger partial charge on any atom is 0.266 e. The number of hydrogen-bond acceptors (Lipinski definition) is 6. The van der Waals surface area contributed by atoms with E-state index in [0.29, 0.717) is 26.3 Å². The Morgan fingerprint density at radius 1 is 1.10 bits per heavy atom. The van der Waals surface area contributed by atoms with Crippen LogP contribution in [0, 0.1) is 0 Å². The third-order valence-corrected chi connectivity index (χ3v) is 7.39. The van der Waals surface area contributed by atoms with Crippen molar-refractivity contribution in [1.82, 2.24) is 4.90 Å². The van der Waals surface area contributed by atoms with Gasteiger partial charge in [-0.15, -0.1) is 0 Å². The van der Waals surface area contributed by atoms with Crippen molar-refractivity contribution >= 4 is 50.3 Å². The number of nitrogens with two attached hydrogens (primary N) is 1. The molecule has 0 radical (unpaired) electrons. The molecule has 2 heterocycles. The van der Waals surface area contributed by atoms with Crippen LogP contribution in [0.4, 0.5) is 0 Å². The van der Waals surface area contributed by atoms with Gasteiger partial charge in [-0.3, -0.25) is 9.69 Å². The third-order valence-electron chi connectivity index (χ3n) is 5.13. The summed E-state index contributed by atoms with van der Waals surface area (Å²) in [6.45, 7) is 0. The number of furan rings is 1. The van der Waals surface area contributed by atoms with E-state index >= 15 is 0 Å². The first-order valence-electron chi connectivity index (χ1n) is 9.33.